The molecule has 0 bridgehead atoms. The Morgan fingerprint density at radius 1 is 1.25 bits per heavy atom. The summed E-state index contributed by atoms with van der Waals surface area (Å²) in [4.78, 5) is 40.0. The van der Waals surface area contributed by atoms with Crippen molar-refractivity contribution >= 4 is 16.9 Å². The maximum atomic E-state index is 12.4. The van der Waals surface area contributed by atoms with Crippen molar-refractivity contribution in [2.45, 2.75) is 26.4 Å². The second kappa shape index (κ2) is 6.11. The molecule has 0 aliphatic heterocycles. The molecular weight excluding hydrogens is 312 g/mol. The van der Waals surface area contributed by atoms with Crippen LogP contribution in [0.3, 0.4) is 0 Å². The minimum atomic E-state index is -0.760. The average Bonchev–Trinajstić information content (AvgIpc) is 3.04. The molecule has 0 aliphatic carbocycles. The molecule has 9 nitrogen and oxygen atoms in total. The summed E-state index contributed by atoms with van der Waals surface area (Å²) >= 11 is 0. The van der Waals surface area contributed by atoms with Gasteiger partial charge in [0.15, 0.2) is 5.82 Å². The molecule has 0 spiro atoms. The van der Waals surface area contributed by atoms with Crippen LogP contribution in [0.1, 0.15) is 36.1 Å². The Labute approximate surface area is 135 Å². The van der Waals surface area contributed by atoms with E-state index in [1.165, 1.54) is 6.07 Å². The molecule has 0 saturated carbocycles. The second-order valence-corrected chi connectivity index (χ2v) is 5.34. The topological polar surface area (TPSA) is 126 Å². The summed E-state index contributed by atoms with van der Waals surface area (Å²) in [5.41, 5.74) is -0.289. The molecule has 2 heterocycles. The van der Waals surface area contributed by atoms with Crippen LogP contribution in [-0.4, -0.2) is 30.6 Å². The molecule has 3 rings (SSSR count). The SMILES string of the molecule is CCn1cnnc1[C@@H](C)NC(=O)c1ccc2[nH]c(=O)c(=O)[nH]c2c1. The normalized spacial score (nSPS) is 12.2. The molecule has 0 fully saturated rings. The van der Waals surface area contributed by atoms with Crippen LogP contribution in [0, 0.1) is 0 Å². The van der Waals surface area contributed by atoms with Crippen molar-refractivity contribution in [3.8, 4) is 0 Å². The van der Waals surface area contributed by atoms with Crippen molar-refractivity contribution in [3.63, 3.8) is 0 Å². The Bertz CT molecular complexity index is 1020. The van der Waals surface area contributed by atoms with E-state index in [4.69, 9.17) is 0 Å². The quantitative estimate of drug-likeness (QED) is 0.595. The molecule has 2 aromatic heterocycles. The Morgan fingerprint density at radius 2 is 1.96 bits per heavy atom. The van der Waals surface area contributed by atoms with Gasteiger partial charge >= 0.3 is 11.1 Å². The van der Waals surface area contributed by atoms with Crippen LogP contribution in [0.2, 0.25) is 0 Å². The highest BCUT2D eigenvalue weighted by atomic mass is 16.2. The van der Waals surface area contributed by atoms with Crippen molar-refractivity contribution in [3.05, 3.63) is 56.6 Å². The Kier molecular flexibility index (Phi) is 3.98. The van der Waals surface area contributed by atoms with Crippen molar-refractivity contribution < 1.29 is 4.79 Å². The van der Waals surface area contributed by atoms with Crippen LogP contribution in [0.5, 0.6) is 0 Å². The Hall–Kier alpha value is -3.23. The molecule has 9 heteroatoms. The smallest absolute Gasteiger partial charge is 0.314 e. The van der Waals surface area contributed by atoms with E-state index in [0.29, 0.717) is 29.0 Å². The molecule has 1 atom stereocenters. The number of nitrogens with one attached hydrogen (secondary N) is 3. The van der Waals surface area contributed by atoms with Gasteiger partial charge in [0.2, 0.25) is 0 Å². The van der Waals surface area contributed by atoms with Crippen LogP contribution in [-0.2, 0) is 6.54 Å². The zero-order valence-electron chi connectivity index (χ0n) is 13.2. The summed E-state index contributed by atoms with van der Waals surface area (Å²) in [6.07, 6.45) is 1.61. The van der Waals surface area contributed by atoms with E-state index in [1.54, 1.807) is 18.5 Å². The fourth-order valence-electron chi connectivity index (χ4n) is 2.44. The fourth-order valence-corrected chi connectivity index (χ4v) is 2.44. The number of benzene rings is 1. The predicted molar refractivity (Wildman–Crippen MR) is 86.8 cm³/mol. The van der Waals surface area contributed by atoms with E-state index in [-0.39, 0.29) is 11.9 Å². The zero-order chi connectivity index (χ0) is 17.3. The molecule has 3 N–H and O–H groups in total. The number of hydrogen-bond donors (Lipinski definition) is 3. The maximum absolute atomic E-state index is 12.4. The zero-order valence-corrected chi connectivity index (χ0v) is 13.2. The van der Waals surface area contributed by atoms with Gasteiger partial charge < -0.3 is 19.9 Å². The molecule has 24 heavy (non-hydrogen) atoms. The number of carbonyl (C=O) groups excluding carboxylic acids is 1. The van der Waals surface area contributed by atoms with Gasteiger partial charge in [0.1, 0.15) is 6.33 Å². The number of aryl methyl sites for hydroxylation is 1. The van der Waals surface area contributed by atoms with Crippen LogP contribution in [0.25, 0.3) is 11.0 Å². The number of rotatable bonds is 4. The summed E-state index contributed by atoms with van der Waals surface area (Å²) in [6.45, 7) is 4.48. The van der Waals surface area contributed by atoms with Gasteiger partial charge in [-0.15, -0.1) is 10.2 Å². The molecule has 124 valence electrons. The van der Waals surface area contributed by atoms with Gasteiger partial charge in [-0.25, -0.2) is 0 Å². The first-order valence-corrected chi connectivity index (χ1v) is 7.44. The van der Waals surface area contributed by atoms with Gasteiger partial charge in [-0.2, -0.15) is 0 Å². The van der Waals surface area contributed by atoms with E-state index in [9.17, 15) is 14.4 Å². The summed E-state index contributed by atoms with van der Waals surface area (Å²) in [7, 11) is 0. The minimum Gasteiger partial charge on any atom is -0.342 e. The van der Waals surface area contributed by atoms with Gasteiger partial charge in [0, 0.05) is 12.1 Å². The predicted octanol–water partition coefficient (Wildman–Crippen LogP) is 0.319. The minimum absolute atomic E-state index is 0.317. The summed E-state index contributed by atoms with van der Waals surface area (Å²) in [5.74, 6) is 0.339. The monoisotopic (exact) mass is 328 g/mol. The lowest BCUT2D eigenvalue weighted by Crippen LogP contribution is -2.30. The second-order valence-electron chi connectivity index (χ2n) is 5.34. The van der Waals surface area contributed by atoms with Crippen LogP contribution >= 0.6 is 0 Å². The number of nitrogens with zero attached hydrogens (tertiary/aromatic N) is 3. The lowest BCUT2D eigenvalue weighted by molar-refractivity contribution is 0.0937. The highest BCUT2D eigenvalue weighted by Crippen LogP contribution is 2.13. The number of fused-ring (bicyclic) bond motifs is 1. The highest BCUT2D eigenvalue weighted by molar-refractivity contribution is 5.97. The van der Waals surface area contributed by atoms with Gasteiger partial charge in [-0.3, -0.25) is 14.4 Å². The van der Waals surface area contributed by atoms with Gasteiger partial charge in [-0.1, -0.05) is 0 Å². The molecule has 0 saturated heterocycles. The number of aromatic amines is 2. The largest absolute Gasteiger partial charge is 0.342 e. The van der Waals surface area contributed by atoms with E-state index >= 15 is 0 Å². The average molecular weight is 328 g/mol. The molecule has 3 aromatic rings. The number of carbonyl (C=O) groups is 1. The van der Waals surface area contributed by atoms with Crippen LogP contribution < -0.4 is 16.4 Å². The van der Waals surface area contributed by atoms with E-state index < -0.39 is 11.1 Å². The Morgan fingerprint density at radius 3 is 2.67 bits per heavy atom. The summed E-state index contributed by atoms with van der Waals surface area (Å²) in [6, 6.07) is 4.33. The number of amides is 1. The number of aromatic nitrogens is 5. The molecule has 0 aliphatic rings. The third-order valence-electron chi connectivity index (χ3n) is 3.71. The first kappa shape index (κ1) is 15.7. The summed E-state index contributed by atoms with van der Waals surface area (Å²) < 4.78 is 1.84. The maximum Gasteiger partial charge on any atom is 0.314 e. The number of hydrogen-bond acceptors (Lipinski definition) is 5. The van der Waals surface area contributed by atoms with Gasteiger partial charge in [-0.05, 0) is 32.0 Å². The third-order valence-corrected chi connectivity index (χ3v) is 3.71. The van der Waals surface area contributed by atoms with Gasteiger partial charge in [0.05, 0.1) is 17.1 Å². The van der Waals surface area contributed by atoms with Crippen molar-refractivity contribution in [2.24, 2.45) is 0 Å². The third kappa shape index (κ3) is 2.83. The molecular formula is C15H16N6O3. The highest BCUT2D eigenvalue weighted by Gasteiger charge is 2.16. The number of H-pyrrole nitrogens is 2. The van der Waals surface area contributed by atoms with Crippen LogP contribution in [0.4, 0.5) is 0 Å². The van der Waals surface area contributed by atoms with E-state index in [2.05, 4.69) is 25.5 Å². The van der Waals surface area contributed by atoms with Crippen LogP contribution in [0.15, 0.2) is 34.1 Å². The Balaban J connectivity index is 1.87. The van der Waals surface area contributed by atoms with Crippen molar-refractivity contribution in [1.29, 1.82) is 0 Å². The van der Waals surface area contributed by atoms with E-state index in [1.807, 2.05) is 18.4 Å². The lowest BCUT2D eigenvalue weighted by atomic mass is 10.1. The van der Waals surface area contributed by atoms with Crippen molar-refractivity contribution in [2.75, 3.05) is 0 Å². The standard InChI is InChI=1S/C15H16N6O3/c1-3-21-7-16-20-12(21)8(2)17-13(22)9-4-5-10-11(6-9)19-15(24)14(23)18-10/h4-8H,3H2,1-2H3,(H,17,22)(H,18,23)(H,19,24)/t8-/m1/s1. The van der Waals surface area contributed by atoms with Gasteiger partial charge in [0.25, 0.3) is 5.91 Å². The fraction of sp³-hybridized carbons (Fsp3) is 0.267. The lowest BCUT2D eigenvalue weighted by Gasteiger charge is -2.14. The van der Waals surface area contributed by atoms with E-state index in [0.717, 1.165) is 0 Å². The first-order valence-electron chi connectivity index (χ1n) is 7.44. The molecule has 1 amide bonds. The first-order chi connectivity index (χ1) is 11.5. The molecule has 0 radical (unpaired) electrons. The molecule has 0 unspecified atom stereocenters. The summed E-state index contributed by atoms with van der Waals surface area (Å²) in [5, 5.41) is 10.7. The van der Waals surface area contributed by atoms with Crippen molar-refractivity contribution in [1.82, 2.24) is 30.0 Å². The molecule has 1 aromatic carbocycles.